The number of halogens is 1. The van der Waals surface area contributed by atoms with Crippen molar-refractivity contribution in [2.45, 2.75) is 18.0 Å². The second-order valence-corrected chi connectivity index (χ2v) is 9.70. The normalized spacial score (nSPS) is 12.6. The van der Waals surface area contributed by atoms with Crippen LogP contribution in [0.4, 0.5) is 11.4 Å². The summed E-state index contributed by atoms with van der Waals surface area (Å²) in [4.78, 5) is 15.6. The first kappa shape index (κ1) is 22.6. The molecule has 1 aliphatic heterocycles. The molecule has 6 nitrogen and oxygen atoms in total. The predicted molar refractivity (Wildman–Crippen MR) is 142 cm³/mol. The lowest BCUT2D eigenvalue weighted by Crippen LogP contribution is -2.28. The molecular formula is C28H21ClN4O2S. The lowest BCUT2D eigenvalue weighted by atomic mass is 10.0. The first-order chi connectivity index (χ1) is 17.7. The standard InChI is InChI=1S/C28H21ClN4O2S/c29-21-10-3-6-13-24(21)33-27(25-14-7-17-35-25)30-31-28(33)36-18-26(34)32-22-11-4-1-8-19(22)15-16-20-9-2-5-12-23(20)32/h1-14,17H,15-16,18H2. The number of carbonyl (C=O) groups is 1. The number of carbonyl (C=O) groups excluding carboxylic acids is 1. The van der Waals surface area contributed by atoms with E-state index >= 15 is 0 Å². The molecule has 36 heavy (non-hydrogen) atoms. The van der Waals surface area contributed by atoms with E-state index in [2.05, 4.69) is 22.3 Å². The van der Waals surface area contributed by atoms with E-state index in [1.165, 1.54) is 11.8 Å². The van der Waals surface area contributed by atoms with E-state index in [1.807, 2.05) is 76.2 Å². The minimum atomic E-state index is -0.0324. The van der Waals surface area contributed by atoms with Crippen molar-refractivity contribution in [3.05, 3.63) is 107 Å². The number of para-hydroxylation sites is 3. The van der Waals surface area contributed by atoms with E-state index in [9.17, 15) is 4.79 Å². The van der Waals surface area contributed by atoms with Crippen LogP contribution in [0.1, 0.15) is 11.1 Å². The lowest BCUT2D eigenvalue weighted by Gasteiger charge is -2.25. The summed E-state index contributed by atoms with van der Waals surface area (Å²) in [6.45, 7) is 0. The fourth-order valence-electron chi connectivity index (χ4n) is 4.52. The van der Waals surface area contributed by atoms with Gasteiger partial charge in [-0.15, -0.1) is 10.2 Å². The van der Waals surface area contributed by atoms with E-state index < -0.39 is 0 Å². The zero-order chi connectivity index (χ0) is 24.5. The quantitative estimate of drug-likeness (QED) is 0.244. The molecule has 6 rings (SSSR count). The summed E-state index contributed by atoms with van der Waals surface area (Å²) < 4.78 is 7.43. The maximum Gasteiger partial charge on any atom is 0.242 e. The number of anilines is 2. The first-order valence-corrected chi connectivity index (χ1v) is 12.9. The van der Waals surface area contributed by atoms with Gasteiger partial charge in [-0.25, -0.2) is 0 Å². The van der Waals surface area contributed by atoms with Gasteiger partial charge in [-0.1, -0.05) is 71.9 Å². The summed E-state index contributed by atoms with van der Waals surface area (Å²) in [6, 6.07) is 27.3. The highest BCUT2D eigenvalue weighted by Gasteiger charge is 2.27. The minimum Gasteiger partial charge on any atom is -0.461 e. The van der Waals surface area contributed by atoms with Crippen LogP contribution in [0.15, 0.2) is 101 Å². The monoisotopic (exact) mass is 512 g/mol. The number of amides is 1. The molecular weight excluding hydrogens is 492 g/mol. The number of fused-ring (bicyclic) bond motifs is 2. The number of nitrogens with zero attached hydrogens (tertiary/aromatic N) is 4. The number of thioether (sulfide) groups is 1. The zero-order valence-corrected chi connectivity index (χ0v) is 20.7. The number of rotatable bonds is 5. The van der Waals surface area contributed by atoms with Crippen LogP contribution < -0.4 is 4.90 Å². The largest absolute Gasteiger partial charge is 0.461 e. The molecule has 0 unspecified atom stereocenters. The first-order valence-electron chi connectivity index (χ1n) is 11.6. The van der Waals surface area contributed by atoms with Gasteiger partial charge in [-0.3, -0.25) is 14.3 Å². The third-order valence-electron chi connectivity index (χ3n) is 6.17. The molecule has 3 aromatic carbocycles. The Labute approximate surface area is 217 Å². The summed E-state index contributed by atoms with van der Waals surface area (Å²) >= 11 is 7.87. The second kappa shape index (κ2) is 9.68. The van der Waals surface area contributed by atoms with Crippen LogP contribution in [0.2, 0.25) is 5.02 Å². The maximum absolute atomic E-state index is 13.8. The number of aromatic nitrogens is 3. The summed E-state index contributed by atoms with van der Waals surface area (Å²) in [5, 5.41) is 9.87. The number of benzene rings is 3. The summed E-state index contributed by atoms with van der Waals surface area (Å²) in [6.07, 6.45) is 3.36. The van der Waals surface area contributed by atoms with Crippen LogP contribution >= 0.6 is 23.4 Å². The van der Waals surface area contributed by atoms with E-state index in [0.717, 1.165) is 41.0 Å². The highest BCUT2D eigenvalue weighted by molar-refractivity contribution is 7.99. The molecule has 0 spiro atoms. The molecule has 178 valence electrons. The van der Waals surface area contributed by atoms with Crippen molar-refractivity contribution in [3.63, 3.8) is 0 Å². The van der Waals surface area contributed by atoms with Gasteiger partial charge >= 0.3 is 0 Å². The SMILES string of the molecule is O=C(CSc1nnc(-c2ccco2)n1-c1ccccc1Cl)N1c2ccccc2CCc2ccccc21. The molecule has 0 fully saturated rings. The van der Waals surface area contributed by atoms with Gasteiger partial charge in [-0.2, -0.15) is 0 Å². The number of aryl methyl sites for hydroxylation is 2. The molecule has 2 aromatic heterocycles. The molecule has 0 saturated carbocycles. The number of hydrogen-bond acceptors (Lipinski definition) is 5. The van der Waals surface area contributed by atoms with Crippen molar-refractivity contribution < 1.29 is 9.21 Å². The minimum absolute atomic E-state index is 0.0324. The Bertz CT molecular complexity index is 1500. The Morgan fingerprint density at radius 2 is 1.47 bits per heavy atom. The van der Waals surface area contributed by atoms with Crippen molar-refractivity contribution in [3.8, 4) is 17.3 Å². The summed E-state index contributed by atoms with van der Waals surface area (Å²) in [5.74, 6) is 1.23. The molecule has 5 aromatic rings. The van der Waals surface area contributed by atoms with Gasteiger partial charge in [0.1, 0.15) is 0 Å². The molecule has 3 heterocycles. The van der Waals surface area contributed by atoms with Crippen LogP contribution in [0, 0.1) is 0 Å². The van der Waals surface area contributed by atoms with E-state index in [4.69, 9.17) is 16.0 Å². The molecule has 0 bridgehead atoms. The average Bonchev–Trinajstić information content (AvgIpc) is 3.55. The summed E-state index contributed by atoms with van der Waals surface area (Å²) in [5.41, 5.74) is 4.89. The van der Waals surface area contributed by atoms with E-state index in [1.54, 1.807) is 12.3 Å². The molecule has 0 atom stereocenters. The Balaban J connectivity index is 1.36. The van der Waals surface area contributed by atoms with E-state index in [0.29, 0.717) is 21.8 Å². The van der Waals surface area contributed by atoms with Crippen molar-refractivity contribution in [2.75, 3.05) is 10.7 Å². The Hall–Kier alpha value is -3.81. The van der Waals surface area contributed by atoms with Crippen molar-refractivity contribution >= 4 is 40.6 Å². The van der Waals surface area contributed by atoms with Crippen LogP contribution in [0.3, 0.4) is 0 Å². The number of furan rings is 1. The van der Waals surface area contributed by atoms with E-state index in [-0.39, 0.29) is 11.7 Å². The maximum atomic E-state index is 13.8. The molecule has 1 aliphatic rings. The highest BCUT2D eigenvalue weighted by atomic mass is 35.5. The van der Waals surface area contributed by atoms with Gasteiger partial charge in [0, 0.05) is 0 Å². The van der Waals surface area contributed by atoms with Crippen LogP contribution in [0.25, 0.3) is 17.3 Å². The fourth-order valence-corrected chi connectivity index (χ4v) is 5.53. The van der Waals surface area contributed by atoms with Crippen LogP contribution in [-0.4, -0.2) is 26.4 Å². The van der Waals surface area contributed by atoms with Crippen molar-refractivity contribution in [1.82, 2.24) is 14.8 Å². The molecule has 0 saturated heterocycles. The van der Waals surface area contributed by atoms with Gasteiger partial charge in [0.15, 0.2) is 10.9 Å². The topological polar surface area (TPSA) is 64.2 Å². The second-order valence-electron chi connectivity index (χ2n) is 8.35. The fraction of sp³-hybridized carbons (Fsp3) is 0.107. The third-order valence-corrected chi connectivity index (χ3v) is 7.40. The van der Waals surface area contributed by atoms with Gasteiger partial charge in [0.25, 0.3) is 0 Å². The van der Waals surface area contributed by atoms with Crippen molar-refractivity contribution in [2.24, 2.45) is 0 Å². The average molecular weight is 513 g/mol. The molecule has 0 radical (unpaired) electrons. The number of hydrogen-bond donors (Lipinski definition) is 0. The van der Waals surface area contributed by atoms with Crippen molar-refractivity contribution in [1.29, 1.82) is 0 Å². The Morgan fingerprint density at radius 3 is 2.11 bits per heavy atom. The zero-order valence-electron chi connectivity index (χ0n) is 19.2. The van der Waals surface area contributed by atoms with Crippen LogP contribution in [-0.2, 0) is 17.6 Å². The highest BCUT2D eigenvalue weighted by Crippen LogP contribution is 2.37. The molecule has 1 amide bonds. The Morgan fingerprint density at radius 1 is 0.833 bits per heavy atom. The van der Waals surface area contributed by atoms with Gasteiger partial charge < -0.3 is 4.42 Å². The van der Waals surface area contributed by atoms with Gasteiger partial charge in [0.2, 0.25) is 11.7 Å². The predicted octanol–water partition coefficient (Wildman–Crippen LogP) is 6.74. The Kier molecular flexibility index (Phi) is 6.09. The molecule has 0 N–H and O–H groups in total. The molecule has 8 heteroatoms. The van der Waals surface area contributed by atoms with Gasteiger partial charge in [-0.05, 0) is 60.4 Å². The molecule has 0 aliphatic carbocycles. The summed E-state index contributed by atoms with van der Waals surface area (Å²) in [7, 11) is 0. The lowest BCUT2D eigenvalue weighted by molar-refractivity contribution is -0.115. The third kappa shape index (κ3) is 4.10. The van der Waals surface area contributed by atoms with Crippen LogP contribution in [0.5, 0.6) is 0 Å². The van der Waals surface area contributed by atoms with Gasteiger partial charge in [0.05, 0.1) is 34.1 Å². The smallest absolute Gasteiger partial charge is 0.242 e.